The zero-order chi connectivity index (χ0) is 29.2. The predicted molar refractivity (Wildman–Crippen MR) is 127 cm³/mol. The molecule has 0 saturated carbocycles. The van der Waals surface area contributed by atoms with E-state index in [1.807, 2.05) is 6.07 Å². The predicted octanol–water partition coefficient (Wildman–Crippen LogP) is 0.390. The van der Waals surface area contributed by atoms with Crippen molar-refractivity contribution in [1.29, 1.82) is 5.26 Å². The Hall–Kier alpha value is -2.32. The third kappa shape index (κ3) is 8.84. The molecule has 1 fully saturated rings. The largest absolute Gasteiger partial charge is 0.490 e. The van der Waals surface area contributed by atoms with Gasteiger partial charge in [-0.25, -0.2) is 18.5 Å². The third-order valence-corrected chi connectivity index (χ3v) is 8.95. The lowest BCUT2D eigenvalue weighted by Gasteiger charge is -2.24. The monoisotopic (exact) mass is 612 g/mol. The topological polar surface area (TPSA) is 283 Å². The van der Waals surface area contributed by atoms with Gasteiger partial charge in [0.25, 0.3) is 5.56 Å². The molecule has 1 aromatic carbocycles. The SMILES string of the molecule is Cc1cn([C@H]2C[C@@H](OC(N)c3ccc(C#N)cc3)C(COP(=O)(O)OP(=O)(O)OP(=O)(O)O)O2)c(=O)[nH]c1=O. The number of hydrogen-bond donors (Lipinski definition) is 6. The fourth-order valence-electron chi connectivity index (χ4n) is 3.45. The first-order valence-corrected chi connectivity index (χ1v) is 15.2. The van der Waals surface area contributed by atoms with Crippen molar-refractivity contribution < 1.29 is 55.9 Å². The van der Waals surface area contributed by atoms with Crippen molar-refractivity contribution in [3.63, 3.8) is 0 Å². The Labute approximate surface area is 219 Å². The van der Waals surface area contributed by atoms with E-state index in [1.54, 1.807) is 0 Å². The lowest BCUT2D eigenvalue weighted by atomic mass is 10.1. The second-order valence-corrected chi connectivity index (χ2v) is 12.5. The average Bonchev–Trinajstić information content (AvgIpc) is 3.20. The molecule has 18 nitrogen and oxygen atoms in total. The van der Waals surface area contributed by atoms with Gasteiger partial charge in [-0.2, -0.15) is 13.9 Å². The van der Waals surface area contributed by atoms with E-state index in [2.05, 4.69) is 18.1 Å². The van der Waals surface area contributed by atoms with Crippen LogP contribution < -0.4 is 17.0 Å². The maximum absolute atomic E-state index is 12.3. The standard InChI is InChI=1S/C18H23N4O14P3/c1-10-8-22(18(24)21-17(10)23)15-6-13(34-16(20)12-4-2-11(7-19)3-5-12)14(33-15)9-32-38(28,29)36-39(30,31)35-37(25,26)27/h2-5,8,13-16H,6,9,20H2,1H3,(H,28,29)(H,30,31)(H,21,23,24)(H2,25,26,27)/t13-,14?,15-,16?/m1/s1. The van der Waals surface area contributed by atoms with Crippen LogP contribution in [-0.4, -0.2) is 47.9 Å². The van der Waals surface area contributed by atoms with Crippen molar-refractivity contribution in [2.45, 2.75) is 38.0 Å². The number of benzene rings is 1. The van der Waals surface area contributed by atoms with Crippen LogP contribution in [-0.2, 0) is 36.3 Å². The van der Waals surface area contributed by atoms with Crippen molar-refractivity contribution in [2.24, 2.45) is 5.73 Å². The zero-order valence-electron chi connectivity index (χ0n) is 19.8. The summed E-state index contributed by atoms with van der Waals surface area (Å²) in [6.07, 6.45) is -3.42. The van der Waals surface area contributed by atoms with Gasteiger partial charge in [0.15, 0.2) is 0 Å². The molecule has 2 aromatic rings. The summed E-state index contributed by atoms with van der Waals surface area (Å²) in [4.78, 5) is 62.6. The quantitative estimate of drug-likeness (QED) is 0.148. The van der Waals surface area contributed by atoms with Gasteiger partial charge in [0.1, 0.15) is 18.6 Å². The van der Waals surface area contributed by atoms with Gasteiger partial charge in [-0.1, -0.05) is 12.1 Å². The van der Waals surface area contributed by atoms with Crippen molar-refractivity contribution in [3.8, 4) is 6.07 Å². The summed E-state index contributed by atoms with van der Waals surface area (Å²) in [6.45, 7) is 0.563. The number of phosphoric acid groups is 3. The first-order chi connectivity index (χ1) is 18.0. The average molecular weight is 612 g/mol. The Balaban J connectivity index is 1.81. The molecule has 214 valence electrons. The fourth-order valence-corrected chi connectivity index (χ4v) is 6.48. The summed E-state index contributed by atoms with van der Waals surface area (Å²) in [5.74, 6) is 0. The molecule has 39 heavy (non-hydrogen) atoms. The molecule has 0 spiro atoms. The number of hydrogen-bond acceptors (Lipinski definition) is 12. The van der Waals surface area contributed by atoms with Crippen LogP contribution >= 0.6 is 23.5 Å². The molecule has 0 radical (unpaired) electrons. The summed E-state index contributed by atoms with van der Waals surface area (Å²) in [7, 11) is -16.8. The molecule has 6 atom stereocenters. The molecular weight excluding hydrogens is 589 g/mol. The maximum atomic E-state index is 12.3. The maximum Gasteiger partial charge on any atom is 0.490 e. The summed E-state index contributed by atoms with van der Waals surface area (Å²) in [5, 5.41) is 8.95. The number of nitrogens with zero attached hydrogens (tertiary/aromatic N) is 2. The second-order valence-electron chi connectivity index (χ2n) is 8.06. The van der Waals surface area contributed by atoms with Gasteiger partial charge in [0.2, 0.25) is 0 Å². The number of nitriles is 1. The van der Waals surface area contributed by atoms with Crippen LogP contribution in [0, 0.1) is 18.3 Å². The Morgan fingerprint density at radius 1 is 1.15 bits per heavy atom. The normalized spacial score (nSPS) is 23.5. The smallest absolute Gasteiger partial charge is 0.353 e. The molecule has 0 amide bonds. The minimum Gasteiger partial charge on any atom is -0.353 e. The number of nitrogens with two attached hydrogens (primary N) is 1. The highest BCUT2D eigenvalue weighted by Crippen LogP contribution is 2.66. The zero-order valence-corrected chi connectivity index (χ0v) is 22.5. The van der Waals surface area contributed by atoms with Crippen LogP contribution in [0.5, 0.6) is 0 Å². The first kappa shape index (κ1) is 31.2. The molecule has 7 N–H and O–H groups in total. The van der Waals surface area contributed by atoms with Crippen LogP contribution in [0.3, 0.4) is 0 Å². The van der Waals surface area contributed by atoms with Crippen molar-refractivity contribution in [2.75, 3.05) is 6.61 Å². The van der Waals surface area contributed by atoms with Crippen LogP contribution in [0.25, 0.3) is 0 Å². The molecule has 1 aromatic heterocycles. The second kappa shape index (κ2) is 12.0. The molecule has 0 aliphatic carbocycles. The van der Waals surface area contributed by atoms with Gasteiger partial charge in [0.05, 0.1) is 24.3 Å². The first-order valence-electron chi connectivity index (χ1n) is 10.7. The van der Waals surface area contributed by atoms with E-state index in [4.69, 9.17) is 30.3 Å². The van der Waals surface area contributed by atoms with Crippen LogP contribution in [0.2, 0.25) is 0 Å². The number of phosphoric ester groups is 1. The Kier molecular flexibility index (Phi) is 9.64. The van der Waals surface area contributed by atoms with Gasteiger partial charge < -0.3 is 34.8 Å². The van der Waals surface area contributed by atoms with Crippen molar-refractivity contribution in [3.05, 3.63) is 68.0 Å². The Morgan fingerprint density at radius 2 is 1.79 bits per heavy atom. The third-order valence-electron chi connectivity index (χ3n) is 5.14. The highest BCUT2D eigenvalue weighted by molar-refractivity contribution is 7.66. The van der Waals surface area contributed by atoms with Gasteiger partial charge in [-0.05, 0) is 24.6 Å². The van der Waals surface area contributed by atoms with Gasteiger partial charge in [-0.15, -0.1) is 0 Å². The lowest BCUT2D eigenvalue weighted by Crippen LogP contribution is -2.33. The Bertz CT molecular complexity index is 1500. The van der Waals surface area contributed by atoms with E-state index < -0.39 is 66.0 Å². The van der Waals surface area contributed by atoms with E-state index in [-0.39, 0.29) is 12.0 Å². The van der Waals surface area contributed by atoms with Crippen molar-refractivity contribution in [1.82, 2.24) is 9.55 Å². The van der Waals surface area contributed by atoms with E-state index in [1.165, 1.54) is 37.4 Å². The minimum absolute atomic E-state index is 0.0974. The van der Waals surface area contributed by atoms with Gasteiger partial charge in [0, 0.05) is 18.2 Å². The number of rotatable bonds is 11. The molecule has 0 bridgehead atoms. The fraction of sp³-hybridized carbons (Fsp3) is 0.389. The number of nitrogens with one attached hydrogen (secondary N) is 1. The van der Waals surface area contributed by atoms with Gasteiger partial charge in [-0.3, -0.25) is 18.9 Å². The molecular formula is C18H23N4O14P3. The van der Waals surface area contributed by atoms with E-state index in [0.717, 1.165) is 4.57 Å². The van der Waals surface area contributed by atoms with Crippen LogP contribution in [0.1, 0.15) is 35.6 Å². The molecule has 2 heterocycles. The molecule has 1 saturated heterocycles. The number of H-pyrrole nitrogens is 1. The molecule has 3 rings (SSSR count). The van der Waals surface area contributed by atoms with Crippen LogP contribution in [0.4, 0.5) is 0 Å². The number of ether oxygens (including phenoxy) is 2. The summed E-state index contributed by atoms with van der Waals surface area (Å²) in [5.41, 5.74) is 5.60. The highest BCUT2D eigenvalue weighted by atomic mass is 31.3. The van der Waals surface area contributed by atoms with Gasteiger partial charge >= 0.3 is 29.2 Å². The molecule has 1 aliphatic rings. The lowest BCUT2D eigenvalue weighted by molar-refractivity contribution is -0.0806. The van der Waals surface area contributed by atoms with E-state index >= 15 is 0 Å². The highest BCUT2D eigenvalue weighted by Gasteiger charge is 2.44. The number of aromatic nitrogens is 2. The Morgan fingerprint density at radius 3 is 2.38 bits per heavy atom. The number of aromatic amines is 1. The van der Waals surface area contributed by atoms with E-state index in [0.29, 0.717) is 11.1 Å². The molecule has 1 aliphatic heterocycles. The summed E-state index contributed by atoms with van der Waals surface area (Å²) in [6, 6.07) is 7.96. The summed E-state index contributed by atoms with van der Waals surface area (Å²) < 4.78 is 59.2. The van der Waals surface area contributed by atoms with Crippen molar-refractivity contribution >= 4 is 23.5 Å². The summed E-state index contributed by atoms with van der Waals surface area (Å²) >= 11 is 0. The molecule has 4 unspecified atom stereocenters. The van der Waals surface area contributed by atoms with E-state index in [9.17, 15) is 33.1 Å². The minimum atomic E-state index is -5.75. The van der Waals surface area contributed by atoms with Crippen LogP contribution in [0.15, 0.2) is 40.1 Å². The molecule has 21 heteroatoms. The number of aryl methyl sites for hydroxylation is 1.